The van der Waals surface area contributed by atoms with Crippen LogP contribution in [0.1, 0.15) is 44.3 Å². The minimum absolute atomic E-state index is 0.00677. The molecule has 0 aliphatic heterocycles. The minimum atomic E-state index is -0.938. The molecule has 1 rings (SSSR count). The fraction of sp³-hybridized carbons (Fsp3) is 0.667. The molecule has 124 valence electrons. The number of carboxylic acid groups (broad SMARTS) is 1. The lowest BCUT2D eigenvalue weighted by atomic mass is 10.1. The zero-order valence-electron chi connectivity index (χ0n) is 13.8. The third kappa shape index (κ3) is 5.38. The van der Waals surface area contributed by atoms with E-state index in [1.807, 2.05) is 19.2 Å². The SMILES string of the molecule is CC(C)c1nc(CN(C)C(=O)CNC(C(=O)O)C(C)C)cs1. The lowest BCUT2D eigenvalue weighted by Gasteiger charge is -2.20. The highest BCUT2D eigenvalue weighted by atomic mass is 32.1. The third-order valence-corrected chi connectivity index (χ3v) is 4.49. The average molecular weight is 327 g/mol. The molecule has 0 spiro atoms. The van der Waals surface area contributed by atoms with Crippen LogP contribution in [0.4, 0.5) is 0 Å². The molecule has 0 radical (unpaired) electrons. The van der Waals surface area contributed by atoms with Crippen molar-refractivity contribution in [3.05, 3.63) is 16.1 Å². The summed E-state index contributed by atoms with van der Waals surface area (Å²) in [5.41, 5.74) is 0.864. The van der Waals surface area contributed by atoms with Crippen molar-refractivity contribution in [2.75, 3.05) is 13.6 Å². The Morgan fingerprint density at radius 1 is 1.36 bits per heavy atom. The fourth-order valence-electron chi connectivity index (χ4n) is 1.93. The van der Waals surface area contributed by atoms with Gasteiger partial charge >= 0.3 is 5.97 Å². The van der Waals surface area contributed by atoms with Crippen LogP contribution in [0.5, 0.6) is 0 Å². The maximum absolute atomic E-state index is 12.1. The smallest absolute Gasteiger partial charge is 0.320 e. The molecule has 2 N–H and O–H groups in total. The summed E-state index contributed by atoms with van der Waals surface area (Å²) in [5, 5.41) is 14.9. The van der Waals surface area contributed by atoms with Crippen LogP contribution < -0.4 is 5.32 Å². The van der Waals surface area contributed by atoms with Gasteiger partial charge in [0.1, 0.15) is 6.04 Å². The second kappa shape index (κ2) is 8.24. The Hall–Kier alpha value is -1.47. The van der Waals surface area contributed by atoms with Crippen molar-refractivity contribution >= 4 is 23.2 Å². The molecule has 0 aliphatic rings. The number of hydrogen-bond donors (Lipinski definition) is 2. The van der Waals surface area contributed by atoms with Crippen LogP contribution in [0.2, 0.25) is 0 Å². The first-order chi connectivity index (χ1) is 10.2. The number of nitrogens with zero attached hydrogens (tertiary/aromatic N) is 2. The molecule has 1 aromatic heterocycles. The fourth-order valence-corrected chi connectivity index (χ4v) is 2.76. The lowest BCUT2D eigenvalue weighted by molar-refractivity contribution is -0.141. The molecule has 1 atom stereocenters. The van der Waals surface area contributed by atoms with Crippen LogP contribution in [-0.2, 0) is 16.1 Å². The van der Waals surface area contributed by atoms with E-state index in [1.165, 1.54) is 0 Å². The Bertz CT molecular complexity index is 514. The number of nitrogens with one attached hydrogen (secondary N) is 1. The lowest BCUT2D eigenvalue weighted by Crippen LogP contribution is -2.46. The van der Waals surface area contributed by atoms with Crippen molar-refractivity contribution < 1.29 is 14.7 Å². The van der Waals surface area contributed by atoms with Gasteiger partial charge in [0.2, 0.25) is 5.91 Å². The second-order valence-corrected chi connectivity index (χ2v) is 6.91. The summed E-state index contributed by atoms with van der Waals surface area (Å²) < 4.78 is 0. The van der Waals surface area contributed by atoms with Gasteiger partial charge < -0.3 is 10.0 Å². The van der Waals surface area contributed by atoms with Crippen molar-refractivity contribution in [1.29, 1.82) is 0 Å². The van der Waals surface area contributed by atoms with E-state index in [1.54, 1.807) is 23.3 Å². The standard InChI is InChI=1S/C15H25N3O3S/c1-9(2)13(15(20)21)16-6-12(19)18(5)7-11-8-22-14(17-11)10(3)4/h8-10,13,16H,6-7H2,1-5H3,(H,20,21). The van der Waals surface area contributed by atoms with Crippen molar-refractivity contribution in [2.45, 2.75) is 46.2 Å². The van der Waals surface area contributed by atoms with Crippen molar-refractivity contribution in [2.24, 2.45) is 5.92 Å². The number of carbonyl (C=O) groups excluding carboxylic acids is 1. The topological polar surface area (TPSA) is 82.5 Å². The number of carbonyl (C=O) groups is 2. The van der Waals surface area contributed by atoms with Gasteiger partial charge in [0.15, 0.2) is 0 Å². The first kappa shape index (κ1) is 18.6. The van der Waals surface area contributed by atoms with Crippen molar-refractivity contribution in [3.63, 3.8) is 0 Å². The molecule has 0 saturated carbocycles. The monoisotopic (exact) mass is 327 g/mol. The predicted molar refractivity (Wildman–Crippen MR) is 86.9 cm³/mol. The number of aromatic nitrogens is 1. The van der Waals surface area contributed by atoms with E-state index in [2.05, 4.69) is 24.1 Å². The summed E-state index contributed by atoms with van der Waals surface area (Å²) in [6.07, 6.45) is 0. The molecule has 0 saturated heterocycles. The normalized spacial score (nSPS) is 12.7. The van der Waals surface area contributed by atoms with E-state index >= 15 is 0 Å². The summed E-state index contributed by atoms with van der Waals surface area (Å²) in [6, 6.07) is -0.718. The van der Waals surface area contributed by atoms with Crippen molar-refractivity contribution in [3.8, 4) is 0 Å². The number of likely N-dealkylation sites (N-methyl/N-ethyl adjacent to an activating group) is 1. The highest BCUT2D eigenvalue weighted by Gasteiger charge is 2.22. The maximum Gasteiger partial charge on any atom is 0.320 e. The molecule has 1 unspecified atom stereocenters. The second-order valence-electron chi connectivity index (χ2n) is 6.02. The van der Waals surface area contributed by atoms with Crippen LogP contribution in [-0.4, -0.2) is 46.5 Å². The van der Waals surface area contributed by atoms with E-state index < -0.39 is 12.0 Å². The Labute approximate surface area is 135 Å². The molecule has 22 heavy (non-hydrogen) atoms. The number of aliphatic carboxylic acids is 1. The minimum Gasteiger partial charge on any atom is -0.480 e. The van der Waals surface area contributed by atoms with Gasteiger partial charge in [-0.3, -0.25) is 14.9 Å². The molecule has 0 aromatic carbocycles. The molecule has 1 amide bonds. The van der Waals surface area contributed by atoms with Gasteiger partial charge in [0.25, 0.3) is 0 Å². The first-order valence-electron chi connectivity index (χ1n) is 7.36. The Balaban J connectivity index is 2.52. The van der Waals surface area contributed by atoms with E-state index in [0.717, 1.165) is 10.7 Å². The van der Waals surface area contributed by atoms with Crippen LogP contribution in [0.15, 0.2) is 5.38 Å². The highest BCUT2D eigenvalue weighted by molar-refractivity contribution is 7.09. The molecular weight excluding hydrogens is 302 g/mol. The number of amides is 1. The molecule has 0 bridgehead atoms. The molecule has 1 aromatic rings. The van der Waals surface area contributed by atoms with Gasteiger partial charge in [0.05, 0.1) is 23.8 Å². The van der Waals surface area contributed by atoms with Crippen molar-refractivity contribution in [1.82, 2.24) is 15.2 Å². The molecule has 1 heterocycles. The maximum atomic E-state index is 12.1. The zero-order chi connectivity index (χ0) is 16.9. The van der Waals surface area contributed by atoms with Gasteiger partial charge in [0, 0.05) is 18.3 Å². The number of carboxylic acids is 1. The largest absolute Gasteiger partial charge is 0.480 e. The Morgan fingerprint density at radius 3 is 2.45 bits per heavy atom. The highest BCUT2D eigenvalue weighted by Crippen LogP contribution is 2.19. The summed E-state index contributed by atoms with van der Waals surface area (Å²) in [5.74, 6) is -0.788. The van der Waals surface area contributed by atoms with E-state index in [4.69, 9.17) is 5.11 Å². The summed E-state index contributed by atoms with van der Waals surface area (Å²) in [7, 11) is 1.70. The summed E-state index contributed by atoms with van der Waals surface area (Å²) >= 11 is 1.60. The molecule has 6 nitrogen and oxygen atoms in total. The van der Waals surface area contributed by atoms with E-state index in [9.17, 15) is 9.59 Å². The van der Waals surface area contributed by atoms with Gasteiger partial charge in [-0.2, -0.15) is 0 Å². The van der Waals surface area contributed by atoms with Crippen LogP contribution >= 0.6 is 11.3 Å². The molecule has 0 aliphatic carbocycles. The van der Waals surface area contributed by atoms with Crippen LogP contribution in [0, 0.1) is 5.92 Å². The zero-order valence-corrected chi connectivity index (χ0v) is 14.6. The first-order valence-corrected chi connectivity index (χ1v) is 8.24. The summed E-state index contributed by atoms with van der Waals surface area (Å²) in [4.78, 5) is 29.2. The number of rotatable bonds is 8. The van der Waals surface area contributed by atoms with Crippen LogP contribution in [0.3, 0.4) is 0 Å². The van der Waals surface area contributed by atoms with E-state index in [0.29, 0.717) is 12.5 Å². The van der Waals surface area contributed by atoms with Gasteiger partial charge in [-0.05, 0) is 5.92 Å². The quantitative estimate of drug-likeness (QED) is 0.762. The Morgan fingerprint density at radius 2 is 2.00 bits per heavy atom. The average Bonchev–Trinajstić information content (AvgIpc) is 2.86. The third-order valence-electron chi connectivity index (χ3n) is 3.29. The molecule has 7 heteroatoms. The van der Waals surface area contributed by atoms with Gasteiger partial charge in [-0.25, -0.2) is 4.98 Å². The molecular formula is C15H25N3O3S. The van der Waals surface area contributed by atoms with E-state index in [-0.39, 0.29) is 18.4 Å². The predicted octanol–water partition coefficient (Wildman–Crippen LogP) is 1.92. The molecule has 0 fully saturated rings. The van der Waals surface area contributed by atoms with Crippen LogP contribution in [0.25, 0.3) is 0 Å². The van der Waals surface area contributed by atoms with Gasteiger partial charge in [-0.15, -0.1) is 11.3 Å². The summed E-state index contributed by atoms with van der Waals surface area (Å²) in [6.45, 7) is 8.22. The number of thiazole rings is 1. The number of hydrogen-bond acceptors (Lipinski definition) is 5. The Kier molecular flexibility index (Phi) is 6.96. The van der Waals surface area contributed by atoms with Gasteiger partial charge in [-0.1, -0.05) is 27.7 Å².